The number of hydrogen-bond donors (Lipinski definition) is 1. The van der Waals surface area contributed by atoms with Gasteiger partial charge in [0.15, 0.2) is 0 Å². The molecule has 21 heavy (non-hydrogen) atoms. The van der Waals surface area contributed by atoms with Gasteiger partial charge < -0.3 is 9.63 Å². The van der Waals surface area contributed by atoms with Crippen LogP contribution in [0.25, 0.3) is 0 Å². The molecule has 0 amide bonds. The number of likely N-dealkylation sites (N-methyl/N-ethyl adjacent to an activating group) is 1. The summed E-state index contributed by atoms with van der Waals surface area (Å²) in [6.07, 6.45) is 9.12. The molecule has 0 aromatic rings. The number of carbonyl (C=O) groups excluding carboxylic acids is 1. The van der Waals surface area contributed by atoms with E-state index in [2.05, 4.69) is 17.3 Å². The fourth-order valence-electron chi connectivity index (χ4n) is 3.05. The van der Waals surface area contributed by atoms with E-state index in [-0.39, 0.29) is 6.04 Å². The first-order valence-corrected chi connectivity index (χ1v) is 8.58. The zero-order chi connectivity index (χ0) is 16.1. The van der Waals surface area contributed by atoms with Crippen LogP contribution in [0.1, 0.15) is 59.3 Å². The topological polar surface area (TPSA) is 41.6 Å². The Morgan fingerprint density at radius 2 is 1.86 bits per heavy atom. The fraction of sp³-hybridized carbons (Fsp3) is 0.941. The van der Waals surface area contributed by atoms with Crippen molar-refractivity contribution in [2.75, 3.05) is 27.2 Å². The van der Waals surface area contributed by atoms with Crippen LogP contribution in [0.5, 0.6) is 0 Å². The molecule has 1 saturated heterocycles. The first kappa shape index (κ1) is 20.6. The third kappa shape index (κ3) is 9.22. The zero-order valence-electron chi connectivity index (χ0n) is 14.7. The number of aldehydes is 1. The lowest BCUT2D eigenvalue weighted by Gasteiger charge is -2.20. The Morgan fingerprint density at radius 3 is 2.24 bits per heavy atom. The highest BCUT2D eigenvalue weighted by molar-refractivity contribution is 5.58. The van der Waals surface area contributed by atoms with Crippen LogP contribution >= 0.6 is 0 Å². The smallest absolute Gasteiger partial charge is 0.137 e. The Morgan fingerprint density at radius 1 is 1.24 bits per heavy atom. The van der Waals surface area contributed by atoms with Crippen LogP contribution in [-0.2, 0) is 9.63 Å². The maximum Gasteiger partial charge on any atom is 0.137 e. The minimum absolute atomic E-state index is 0.194. The van der Waals surface area contributed by atoms with Crippen molar-refractivity contribution in [3.05, 3.63) is 0 Å². The third-order valence-electron chi connectivity index (χ3n) is 4.21. The van der Waals surface area contributed by atoms with Gasteiger partial charge in [0.05, 0.1) is 13.2 Å². The van der Waals surface area contributed by atoms with E-state index in [1.165, 1.54) is 32.1 Å². The van der Waals surface area contributed by atoms with Crippen LogP contribution in [0.15, 0.2) is 0 Å². The molecule has 126 valence electrons. The van der Waals surface area contributed by atoms with Crippen molar-refractivity contribution >= 4 is 6.29 Å². The Bertz CT molecular complexity index is 243. The van der Waals surface area contributed by atoms with E-state index in [0.29, 0.717) is 5.92 Å². The van der Waals surface area contributed by atoms with E-state index in [1.807, 2.05) is 20.9 Å². The van der Waals surface area contributed by atoms with Gasteiger partial charge >= 0.3 is 0 Å². The van der Waals surface area contributed by atoms with Crippen molar-refractivity contribution < 1.29 is 9.63 Å². The Labute approximate surface area is 131 Å². The van der Waals surface area contributed by atoms with E-state index >= 15 is 0 Å². The number of nitrogens with zero attached hydrogens (tertiary/aromatic N) is 1. The van der Waals surface area contributed by atoms with E-state index in [0.717, 1.165) is 31.7 Å². The van der Waals surface area contributed by atoms with Crippen LogP contribution in [0, 0.1) is 11.8 Å². The van der Waals surface area contributed by atoms with E-state index in [9.17, 15) is 4.79 Å². The van der Waals surface area contributed by atoms with E-state index in [4.69, 9.17) is 4.84 Å². The van der Waals surface area contributed by atoms with Gasteiger partial charge in [-0.15, -0.1) is 0 Å². The van der Waals surface area contributed by atoms with Gasteiger partial charge in [-0.05, 0) is 38.1 Å². The molecule has 0 bridgehead atoms. The van der Waals surface area contributed by atoms with Gasteiger partial charge in [-0.1, -0.05) is 40.0 Å². The largest absolute Gasteiger partial charge is 0.305 e. The molecule has 0 radical (unpaired) electrons. The van der Waals surface area contributed by atoms with Crippen LogP contribution < -0.4 is 5.48 Å². The number of rotatable bonds is 4. The van der Waals surface area contributed by atoms with Crippen LogP contribution in [0.2, 0.25) is 0 Å². The lowest BCUT2D eigenvalue weighted by molar-refractivity contribution is -0.111. The zero-order valence-corrected chi connectivity index (χ0v) is 14.7. The van der Waals surface area contributed by atoms with Gasteiger partial charge in [0.1, 0.15) is 6.29 Å². The quantitative estimate of drug-likeness (QED) is 0.639. The normalized spacial score (nSPS) is 26.3. The van der Waals surface area contributed by atoms with Crippen LogP contribution in [0.4, 0.5) is 0 Å². The SMILES string of the molecule is CC.CONCC1CCCCC1.C[C@H]1C[C@@H](C=O)N(C)C1. The standard InChI is InChI=1S/C8H17NO.C7H13NO.C2H6/c1-10-9-7-8-5-3-2-4-6-8;1-6-3-7(5-9)8(2)4-6;1-2/h8-9H,2-7H2,1H3;5-7H,3-4H2,1-2H3;1-2H3/t;6-,7-;/m.0./s1. The molecule has 1 heterocycles. The molecule has 1 aliphatic carbocycles. The Balaban J connectivity index is 0.000000342. The maximum atomic E-state index is 10.3. The first-order valence-electron chi connectivity index (χ1n) is 8.58. The highest BCUT2D eigenvalue weighted by Gasteiger charge is 2.25. The highest BCUT2D eigenvalue weighted by atomic mass is 16.6. The lowest BCUT2D eigenvalue weighted by atomic mass is 9.89. The number of carbonyl (C=O) groups is 1. The first-order chi connectivity index (χ1) is 10.2. The minimum Gasteiger partial charge on any atom is -0.305 e. The molecule has 2 fully saturated rings. The summed E-state index contributed by atoms with van der Waals surface area (Å²) in [6, 6.07) is 0.194. The fourth-order valence-corrected chi connectivity index (χ4v) is 3.05. The second kappa shape index (κ2) is 13.2. The third-order valence-corrected chi connectivity index (χ3v) is 4.21. The van der Waals surface area contributed by atoms with Gasteiger partial charge in [-0.25, -0.2) is 5.48 Å². The number of hydrogen-bond acceptors (Lipinski definition) is 4. The van der Waals surface area contributed by atoms with Gasteiger partial charge in [-0.3, -0.25) is 4.90 Å². The summed E-state index contributed by atoms with van der Waals surface area (Å²) in [6.45, 7) is 8.29. The van der Waals surface area contributed by atoms with E-state index < -0.39 is 0 Å². The highest BCUT2D eigenvalue weighted by Crippen LogP contribution is 2.22. The van der Waals surface area contributed by atoms with Crippen LogP contribution in [0.3, 0.4) is 0 Å². The van der Waals surface area contributed by atoms with Crippen molar-refractivity contribution in [2.45, 2.75) is 65.3 Å². The Kier molecular flexibility index (Phi) is 12.9. The summed E-state index contributed by atoms with van der Waals surface area (Å²) in [5.41, 5.74) is 2.92. The van der Waals surface area contributed by atoms with Gasteiger partial charge in [-0.2, -0.15) is 0 Å². The average Bonchev–Trinajstić information content (AvgIpc) is 2.86. The maximum absolute atomic E-state index is 10.3. The summed E-state index contributed by atoms with van der Waals surface area (Å²) in [4.78, 5) is 17.2. The molecule has 1 aliphatic heterocycles. The molecule has 2 rings (SSSR count). The van der Waals surface area contributed by atoms with Crippen molar-refractivity contribution in [3.63, 3.8) is 0 Å². The second-order valence-electron chi connectivity index (χ2n) is 6.04. The second-order valence-corrected chi connectivity index (χ2v) is 6.04. The molecule has 4 heteroatoms. The average molecular weight is 300 g/mol. The minimum atomic E-state index is 0.194. The molecule has 4 nitrogen and oxygen atoms in total. The molecule has 0 spiro atoms. The number of likely N-dealkylation sites (tertiary alicyclic amines) is 1. The molecular weight excluding hydrogens is 264 g/mol. The van der Waals surface area contributed by atoms with Crippen molar-refractivity contribution in [1.29, 1.82) is 0 Å². The molecule has 0 unspecified atom stereocenters. The van der Waals surface area contributed by atoms with Crippen molar-refractivity contribution in [2.24, 2.45) is 11.8 Å². The molecule has 0 aromatic heterocycles. The molecule has 2 aliphatic rings. The van der Waals surface area contributed by atoms with Crippen molar-refractivity contribution in [1.82, 2.24) is 10.4 Å². The Hall–Kier alpha value is -0.450. The lowest BCUT2D eigenvalue weighted by Crippen LogP contribution is -2.25. The summed E-state index contributed by atoms with van der Waals surface area (Å²) < 4.78 is 0. The molecule has 0 aromatic carbocycles. The van der Waals surface area contributed by atoms with E-state index in [1.54, 1.807) is 7.11 Å². The number of hydroxylamine groups is 1. The predicted octanol–water partition coefficient (Wildman–Crippen LogP) is 3.27. The molecule has 1 saturated carbocycles. The predicted molar refractivity (Wildman–Crippen MR) is 89.2 cm³/mol. The van der Waals surface area contributed by atoms with Gasteiger partial charge in [0, 0.05) is 13.1 Å². The summed E-state index contributed by atoms with van der Waals surface area (Å²) in [5, 5.41) is 0. The molecule has 2 atom stereocenters. The monoisotopic (exact) mass is 300 g/mol. The summed E-state index contributed by atoms with van der Waals surface area (Å²) >= 11 is 0. The van der Waals surface area contributed by atoms with Gasteiger partial charge in [0.25, 0.3) is 0 Å². The van der Waals surface area contributed by atoms with Gasteiger partial charge in [0.2, 0.25) is 0 Å². The number of nitrogens with one attached hydrogen (secondary N) is 1. The summed E-state index contributed by atoms with van der Waals surface area (Å²) in [5.74, 6) is 1.57. The van der Waals surface area contributed by atoms with Crippen molar-refractivity contribution in [3.8, 4) is 0 Å². The molecule has 1 N–H and O–H groups in total. The molecular formula is C17H36N2O2. The van der Waals surface area contributed by atoms with Crippen LogP contribution in [-0.4, -0.2) is 44.5 Å². The summed E-state index contributed by atoms with van der Waals surface area (Å²) in [7, 11) is 3.69.